The first-order valence-corrected chi connectivity index (χ1v) is 5.01. The van der Waals surface area contributed by atoms with Gasteiger partial charge in [0.1, 0.15) is 0 Å². The molecule has 0 nitrogen and oxygen atoms in total. The Morgan fingerprint density at radius 3 is 1.89 bits per heavy atom. The predicted molar refractivity (Wildman–Crippen MR) is 57.7 cm³/mol. The molecule has 0 N–H and O–H groups in total. The van der Waals surface area contributed by atoms with E-state index in [1.165, 1.54) is 15.9 Å². The minimum atomic E-state index is 0.523. The lowest BCUT2D eigenvalue weighted by atomic mass is 10.5. The molecular weight excluding hydrogens is 184 g/mol. The average molecular weight is 194 g/mol. The van der Waals surface area contributed by atoms with E-state index >= 15 is 0 Å². The molecule has 0 fully saturated rings. The van der Waals surface area contributed by atoms with Gasteiger partial charge in [0.15, 0.2) is 0 Å². The zero-order valence-electron chi connectivity index (χ0n) is 4.96. The summed E-state index contributed by atoms with van der Waals surface area (Å²) in [6, 6.07) is 0. The summed E-state index contributed by atoms with van der Waals surface area (Å²) in [6.45, 7) is 0. The predicted octanol–water partition coefficient (Wildman–Crippen LogP) is 1.96. The quantitative estimate of drug-likeness (QED) is 0.517. The van der Waals surface area contributed by atoms with Crippen LogP contribution < -0.4 is 0 Å². The normalized spacial score (nSPS) is 27.1. The van der Waals surface area contributed by atoms with E-state index in [9.17, 15) is 0 Å². The van der Waals surface area contributed by atoms with Crippen LogP contribution in [0.1, 0.15) is 0 Å². The van der Waals surface area contributed by atoms with Crippen molar-refractivity contribution in [3.63, 3.8) is 0 Å². The van der Waals surface area contributed by atoms with Crippen LogP contribution in [0.3, 0.4) is 0 Å². The molecule has 0 aliphatic heterocycles. The van der Waals surface area contributed by atoms with Crippen LogP contribution in [0.5, 0.6) is 0 Å². The van der Waals surface area contributed by atoms with E-state index in [1.54, 1.807) is 0 Å². The fraction of sp³-hybridized carbons (Fsp3) is 0.200. The van der Waals surface area contributed by atoms with Crippen molar-refractivity contribution in [2.75, 3.05) is 0 Å². The van der Waals surface area contributed by atoms with Crippen molar-refractivity contribution in [1.29, 1.82) is 0 Å². The molecule has 1 aliphatic rings. The van der Waals surface area contributed by atoms with Crippen molar-refractivity contribution in [1.82, 2.24) is 0 Å². The van der Waals surface area contributed by atoms with Crippen molar-refractivity contribution < 1.29 is 0 Å². The molecule has 0 aromatic carbocycles. The third kappa shape index (κ3) is 1.61. The Bertz CT molecular complexity index is 191. The Labute approximate surface area is 65.1 Å². The Morgan fingerprint density at radius 2 is 1.78 bits per heavy atom. The summed E-state index contributed by atoms with van der Waals surface area (Å²) in [7, 11) is 11.0. The van der Waals surface area contributed by atoms with E-state index in [-0.39, 0.29) is 0 Å². The Hall–Kier alpha value is 1.20. The number of hydrogen-bond acceptors (Lipinski definition) is 0. The topological polar surface area (TPSA) is 0 Å². The number of hydrogen-bond donors (Lipinski definition) is 0. The molecule has 0 amide bonds. The summed E-state index contributed by atoms with van der Waals surface area (Å²) >= 11 is 0. The van der Waals surface area contributed by atoms with Gasteiger partial charge >= 0.3 is 0 Å². The third-order valence-corrected chi connectivity index (χ3v) is 4.81. The summed E-state index contributed by atoms with van der Waals surface area (Å²) in [5, 5.41) is 3.96. The first-order valence-electron chi connectivity index (χ1n) is 2.61. The van der Waals surface area contributed by atoms with Crippen LogP contribution in [0.2, 0.25) is 0 Å². The van der Waals surface area contributed by atoms with Crippen LogP contribution in [-0.2, 0) is 0 Å². The summed E-state index contributed by atoms with van der Waals surface area (Å²) in [5.74, 6) is 0. The van der Waals surface area contributed by atoms with Crippen LogP contribution in [0.4, 0.5) is 0 Å². The molecule has 5 atom stereocenters. The highest BCUT2D eigenvalue weighted by molar-refractivity contribution is 7.34. The lowest BCUT2D eigenvalue weighted by Crippen LogP contribution is -1.84. The largest absolute Gasteiger partial charge is 0.126 e. The Balaban J connectivity index is 2.97. The first kappa shape index (κ1) is 8.30. The minimum absolute atomic E-state index is 0.523. The zero-order chi connectivity index (χ0) is 7.02. The van der Waals surface area contributed by atoms with E-state index in [1.807, 2.05) is 0 Å². The smallest absolute Gasteiger partial charge is 0.0178 e. The molecule has 0 bridgehead atoms. The maximum atomic E-state index is 2.78. The molecule has 0 aromatic heterocycles. The molecule has 5 unspecified atom stereocenters. The van der Waals surface area contributed by atoms with Crippen LogP contribution >= 0.6 is 37.0 Å². The molecule has 0 spiro atoms. The fourth-order valence-electron chi connectivity index (χ4n) is 0.719. The molecule has 0 saturated heterocycles. The molecule has 4 heteroatoms. The monoisotopic (exact) mass is 194 g/mol. The second-order valence-electron chi connectivity index (χ2n) is 2.02. The highest BCUT2D eigenvalue weighted by Gasteiger charge is 2.13. The average Bonchev–Trinajstić information content (AvgIpc) is 1.98. The highest BCUT2D eigenvalue weighted by Crippen LogP contribution is 2.41. The Kier molecular flexibility index (Phi) is 2.83. The maximum absolute atomic E-state index is 2.78. The van der Waals surface area contributed by atoms with Crippen LogP contribution in [-0.4, -0.2) is 5.66 Å². The second-order valence-corrected chi connectivity index (χ2v) is 4.56. The lowest BCUT2D eigenvalue weighted by molar-refractivity contribution is 1.44. The molecule has 9 heavy (non-hydrogen) atoms. The van der Waals surface area contributed by atoms with Gasteiger partial charge < -0.3 is 0 Å². The van der Waals surface area contributed by atoms with Gasteiger partial charge in [0, 0.05) is 5.66 Å². The van der Waals surface area contributed by atoms with Gasteiger partial charge in [-0.3, -0.25) is 0 Å². The molecule has 1 rings (SSSR count). The molecule has 0 radical (unpaired) electrons. The summed E-state index contributed by atoms with van der Waals surface area (Å²) in [4.78, 5) is 0. The van der Waals surface area contributed by atoms with Crippen molar-refractivity contribution in [3.05, 3.63) is 22.0 Å². The Morgan fingerprint density at radius 1 is 1.22 bits per heavy atom. The van der Waals surface area contributed by atoms with Gasteiger partial charge in [-0.1, -0.05) is 6.08 Å². The fourth-order valence-corrected chi connectivity index (χ4v) is 2.61. The zero-order valence-corrected chi connectivity index (χ0v) is 9.58. The van der Waals surface area contributed by atoms with Gasteiger partial charge in [-0.15, -0.1) is 37.0 Å². The summed E-state index contributed by atoms with van der Waals surface area (Å²) in [6.07, 6.45) is 2.21. The number of allylic oxidation sites excluding steroid dienone is 4. The highest BCUT2D eigenvalue weighted by atomic mass is 31.0. The van der Waals surface area contributed by atoms with Gasteiger partial charge in [-0.2, -0.15) is 0 Å². The van der Waals surface area contributed by atoms with Crippen LogP contribution in [0.15, 0.2) is 22.0 Å². The van der Waals surface area contributed by atoms with Crippen molar-refractivity contribution in [2.45, 2.75) is 5.66 Å². The molecule has 0 heterocycles. The van der Waals surface area contributed by atoms with E-state index in [2.05, 4.69) is 43.0 Å². The molecule has 50 valence electrons. The van der Waals surface area contributed by atoms with E-state index in [4.69, 9.17) is 0 Å². The maximum Gasteiger partial charge on any atom is 0.0178 e. The van der Waals surface area contributed by atoms with E-state index in [0.29, 0.717) is 5.66 Å². The van der Waals surface area contributed by atoms with Crippen molar-refractivity contribution in [3.8, 4) is 0 Å². The van der Waals surface area contributed by atoms with Gasteiger partial charge in [0.25, 0.3) is 0 Å². The van der Waals surface area contributed by atoms with Gasteiger partial charge in [0.05, 0.1) is 0 Å². The molecule has 1 aliphatic carbocycles. The second kappa shape index (κ2) is 3.07. The lowest BCUT2D eigenvalue weighted by Gasteiger charge is -1.99. The van der Waals surface area contributed by atoms with Crippen molar-refractivity contribution in [2.24, 2.45) is 0 Å². The molecule has 0 aromatic rings. The summed E-state index contributed by atoms with van der Waals surface area (Å²) < 4.78 is 0. The van der Waals surface area contributed by atoms with Crippen LogP contribution in [0.25, 0.3) is 0 Å². The van der Waals surface area contributed by atoms with Gasteiger partial charge in [0.2, 0.25) is 0 Å². The van der Waals surface area contributed by atoms with Gasteiger partial charge in [-0.25, -0.2) is 0 Å². The van der Waals surface area contributed by atoms with Gasteiger partial charge in [-0.05, 0) is 15.9 Å². The van der Waals surface area contributed by atoms with E-state index < -0.39 is 0 Å². The van der Waals surface area contributed by atoms with Crippen molar-refractivity contribution >= 4 is 37.0 Å². The minimum Gasteiger partial charge on any atom is -0.126 e. The SMILES string of the molecule is PC1=CC(P)C(P)=C1P. The standard InChI is InChI=1S/C5H10P4/c6-2-1-3(7)5(9)4(2)8/h1-2H,6-9H2. The van der Waals surface area contributed by atoms with Crippen LogP contribution in [0, 0.1) is 0 Å². The first-order chi connectivity index (χ1) is 4.13. The molecular formula is C5H10P4. The van der Waals surface area contributed by atoms with E-state index in [0.717, 1.165) is 0 Å². The number of rotatable bonds is 0. The summed E-state index contributed by atoms with van der Waals surface area (Å²) in [5.41, 5.74) is 0.523. The third-order valence-electron chi connectivity index (χ3n) is 1.34. The molecule has 0 saturated carbocycles.